The Labute approximate surface area is 227 Å². The van der Waals surface area contributed by atoms with E-state index in [-0.39, 0.29) is 47.5 Å². The molecule has 39 heavy (non-hydrogen) atoms. The molecule has 4 rings (SSSR count). The third-order valence-electron chi connectivity index (χ3n) is 5.20. The van der Waals surface area contributed by atoms with E-state index in [4.69, 9.17) is 16.1 Å². The summed E-state index contributed by atoms with van der Waals surface area (Å²) in [5.41, 5.74) is 1.68. The molecule has 0 fully saturated rings. The molecule has 0 bridgehead atoms. The number of rotatable bonds is 12. The Morgan fingerprint density at radius 2 is 1.72 bits per heavy atom. The number of aliphatic hydroxyl groups is 4. The van der Waals surface area contributed by atoms with Crippen LogP contribution < -0.4 is 14.7 Å². The standard InChI is InChI=1S/C22H24ClN8O7P/c1-39(37)38-15-3-5-19(36)18(7-15)31-28-16-4-2-12(6-17(16)29-31)24-21-25-20(23)26-22(27-21)30(8-13(34)10-32)9-14(35)11-33/h2-7,13-14,32-35H,8-11H2,1H3,(H-,24,25,26,27,29,36)/p+1. The number of nitrogens with zero attached hydrogens (tertiary/aromatic N) is 7. The summed E-state index contributed by atoms with van der Waals surface area (Å²) in [5, 5.41) is 60.1. The highest BCUT2D eigenvalue weighted by atomic mass is 35.5. The predicted molar refractivity (Wildman–Crippen MR) is 141 cm³/mol. The molecule has 4 aromatic rings. The molecular formula is C22H25ClN8O7P+. The second-order valence-corrected chi connectivity index (χ2v) is 9.71. The number of phenolic OH excluding ortho intramolecular Hbond substituents is 1. The van der Waals surface area contributed by atoms with Gasteiger partial charge in [-0.1, -0.05) is 0 Å². The Morgan fingerprint density at radius 1 is 1.03 bits per heavy atom. The molecule has 0 aliphatic heterocycles. The van der Waals surface area contributed by atoms with E-state index in [1.807, 2.05) is 0 Å². The summed E-state index contributed by atoms with van der Waals surface area (Å²) in [7, 11) is -1.90. The molecule has 0 radical (unpaired) electrons. The van der Waals surface area contributed by atoms with Crippen LogP contribution in [0.1, 0.15) is 0 Å². The van der Waals surface area contributed by atoms with Gasteiger partial charge in [0.1, 0.15) is 22.5 Å². The molecular weight excluding hydrogens is 555 g/mol. The summed E-state index contributed by atoms with van der Waals surface area (Å²) < 4.78 is 16.6. The maximum atomic E-state index is 11.4. The molecule has 206 valence electrons. The van der Waals surface area contributed by atoms with E-state index in [0.717, 1.165) is 0 Å². The van der Waals surface area contributed by atoms with Crippen molar-refractivity contribution in [2.45, 2.75) is 12.2 Å². The van der Waals surface area contributed by atoms with Crippen LogP contribution >= 0.6 is 19.6 Å². The van der Waals surface area contributed by atoms with E-state index in [1.165, 1.54) is 34.6 Å². The monoisotopic (exact) mass is 579 g/mol. The summed E-state index contributed by atoms with van der Waals surface area (Å²) in [6.45, 7) is 0.0501. The largest absolute Gasteiger partial charge is 0.552 e. The molecule has 0 saturated heterocycles. The molecule has 0 aliphatic rings. The number of fused-ring (bicyclic) bond motifs is 1. The highest BCUT2D eigenvalue weighted by molar-refractivity contribution is 7.38. The normalized spacial score (nSPS) is 13.2. The van der Waals surface area contributed by atoms with Crippen LogP contribution in [0.15, 0.2) is 36.4 Å². The molecule has 3 unspecified atom stereocenters. The molecule has 17 heteroatoms. The number of halogens is 1. The van der Waals surface area contributed by atoms with Crippen molar-refractivity contribution in [2.24, 2.45) is 0 Å². The van der Waals surface area contributed by atoms with Crippen LogP contribution in [0.3, 0.4) is 0 Å². The van der Waals surface area contributed by atoms with Gasteiger partial charge in [0.25, 0.3) is 0 Å². The molecule has 0 saturated carbocycles. The lowest BCUT2D eigenvalue weighted by Crippen LogP contribution is -2.41. The van der Waals surface area contributed by atoms with Crippen molar-refractivity contribution in [2.75, 3.05) is 43.2 Å². The third kappa shape index (κ3) is 7.23. The minimum atomic E-state index is -1.90. The fraction of sp³-hybridized carbons (Fsp3) is 0.318. The number of aliphatic hydroxyl groups excluding tert-OH is 4. The molecule has 2 aromatic heterocycles. The van der Waals surface area contributed by atoms with Crippen molar-refractivity contribution in [3.8, 4) is 17.2 Å². The molecule has 6 N–H and O–H groups in total. The first-order chi connectivity index (χ1) is 18.6. The Kier molecular flexibility index (Phi) is 9.01. The van der Waals surface area contributed by atoms with Crippen LogP contribution in [-0.4, -0.2) is 101 Å². The first kappa shape index (κ1) is 28.3. The Hall–Kier alpha value is -3.72. The molecule has 2 aromatic carbocycles. The van der Waals surface area contributed by atoms with E-state index in [2.05, 4.69) is 30.5 Å². The second kappa shape index (κ2) is 12.4. The van der Waals surface area contributed by atoms with Crippen LogP contribution in [-0.2, 0) is 4.57 Å². The van der Waals surface area contributed by atoms with Crippen molar-refractivity contribution in [1.82, 2.24) is 29.9 Å². The average molecular weight is 580 g/mol. The zero-order valence-corrected chi connectivity index (χ0v) is 22.1. The molecule has 3 atom stereocenters. The number of phenols is 1. The minimum Gasteiger partial charge on any atom is -0.506 e. The quantitative estimate of drug-likeness (QED) is 0.129. The Bertz CT molecular complexity index is 1460. The van der Waals surface area contributed by atoms with Crippen LogP contribution in [0, 0.1) is 0 Å². The van der Waals surface area contributed by atoms with Gasteiger partial charge in [-0.25, -0.2) is 0 Å². The summed E-state index contributed by atoms with van der Waals surface area (Å²) in [4.78, 5) is 15.0. The van der Waals surface area contributed by atoms with E-state index in [0.29, 0.717) is 16.7 Å². The minimum absolute atomic E-state index is 0.00377. The molecule has 0 amide bonds. The number of nitrogens with one attached hydrogen (secondary N) is 1. The number of hydrogen-bond donors (Lipinski definition) is 6. The molecule has 15 nitrogen and oxygen atoms in total. The Balaban J connectivity index is 1.61. The van der Waals surface area contributed by atoms with E-state index >= 15 is 0 Å². The van der Waals surface area contributed by atoms with E-state index in [1.54, 1.807) is 18.2 Å². The van der Waals surface area contributed by atoms with Crippen LogP contribution in [0.2, 0.25) is 5.28 Å². The lowest BCUT2D eigenvalue weighted by Gasteiger charge is -2.26. The van der Waals surface area contributed by atoms with Crippen LogP contribution in [0.4, 0.5) is 17.6 Å². The summed E-state index contributed by atoms with van der Waals surface area (Å²) >= 11 is 6.10. The summed E-state index contributed by atoms with van der Waals surface area (Å²) in [5.74, 6) is 0.206. The van der Waals surface area contributed by atoms with E-state index < -0.39 is 33.4 Å². The lowest BCUT2D eigenvalue weighted by atomic mass is 10.3. The number of aromatic hydroxyl groups is 1. The van der Waals surface area contributed by atoms with Crippen LogP contribution in [0.25, 0.3) is 16.7 Å². The third-order valence-corrected chi connectivity index (χ3v) is 5.83. The van der Waals surface area contributed by atoms with Crippen LogP contribution in [0.5, 0.6) is 11.5 Å². The van der Waals surface area contributed by atoms with Gasteiger partial charge in [-0.2, -0.15) is 15.0 Å². The smallest absolute Gasteiger partial charge is 0.506 e. The zero-order chi connectivity index (χ0) is 28.1. The average Bonchev–Trinajstić information content (AvgIpc) is 3.31. The fourth-order valence-electron chi connectivity index (χ4n) is 3.50. The topological polar surface area (TPSA) is 212 Å². The highest BCUT2D eigenvalue weighted by Crippen LogP contribution is 2.31. The van der Waals surface area contributed by atoms with Crippen molar-refractivity contribution in [1.29, 1.82) is 0 Å². The van der Waals surface area contributed by atoms with Gasteiger partial charge in [0.05, 0.1) is 25.4 Å². The maximum Gasteiger partial charge on any atom is 0.552 e. The molecule has 0 aliphatic carbocycles. The van der Waals surface area contributed by atoms with Crippen molar-refractivity contribution < 1.29 is 34.6 Å². The van der Waals surface area contributed by atoms with Gasteiger partial charge in [0, 0.05) is 24.8 Å². The van der Waals surface area contributed by atoms with Gasteiger partial charge >= 0.3 is 8.03 Å². The van der Waals surface area contributed by atoms with Gasteiger partial charge in [0.15, 0.2) is 12.4 Å². The first-order valence-electron chi connectivity index (χ1n) is 11.5. The van der Waals surface area contributed by atoms with Crippen molar-refractivity contribution in [3.63, 3.8) is 0 Å². The Morgan fingerprint density at radius 3 is 2.38 bits per heavy atom. The molecule has 0 spiro atoms. The van der Waals surface area contributed by atoms with Crippen molar-refractivity contribution in [3.05, 3.63) is 41.7 Å². The number of benzene rings is 2. The highest BCUT2D eigenvalue weighted by Gasteiger charge is 2.20. The maximum absolute atomic E-state index is 11.4. The van der Waals surface area contributed by atoms with Gasteiger partial charge < -0.3 is 35.7 Å². The molecule has 2 heterocycles. The summed E-state index contributed by atoms with van der Waals surface area (Å²) in [6.07, 6.45) is -2.33. The van der Waals surface area contributed by atoms with Crippen molar-refractivity contribution >= 4 is 48.2 Å². The van der Waals surface area contributed by atoms with E-state index in [9.17, 15) is 30.1 Å². The van der Waals surface area contributed by atoms with Gasteiger partial charge in [0.2, 0.25) is 17.2 Å². The predicted octanol–water partition coefficient (Wildman–Crippen LogP) is 0.972. The first-order valence-corrected chi connectivity index (χ1v) is 13.5. The number of aromatic nitrogens is 6. The second-order valence-electron chi connectivity index (χ2n) is 8.31. The zero-order valence-electron chi connectivity index (χ0n) is 20.5. The van der Waals surface area contributed by atoms with Gasteiger partial charge in [-0.05, 0) is 46.5 Å². The fourth-order valence-corrected chi connectivity index (χ4v) is 4.06. The van der Waals surface area contributed by atoms with Gasteiger partial charge in [-0.3, -0.25) is 4.52 Å². The lowest BCUT2D eigenvalue weighted by molar-refractivity contribution is 0.0834. The number of anilines is 3. The summed E-state index contributed by atoms with van der Waals surface area (Å²) in [6, 6.07) is 9.33. The SMILES string of the molecule is C[P+](=O)Oc1ccc(O)c(-n2nc3ccc(Nc4nc(Cl)nc(N(CC(O)CO)CC(O)CO)n4)cc3n2)c1. The number of hydrogen-bond acceptors (Lipinski definition) is 14. The van der Waals surface area contributed by atoms with Gasteiger partial charge in [-0.15, -0.1) is 15.0 Å².